The van der Waals surface area contributed by atoms with Crippen LogP contribution in [0.2, 0.25) is 0 Å². The molecule has 4 heteroatoms. The molecule has 0 aliphatic heterocycles. The monoisotopic (exact) mass is 209 g/mol. The molecule has 1 heterocycles. The number of hydrogen-bond donors (Lipinski definition) is 2. The molecule has 0 amide bonds. The number of rotatable bonds is 3. The van der Waals surface area contributed by atoms with Gasteiger partial charge in [0, 0.05) is 18.3 Å². The number of anilines is 1. The molecule has 0 radical (unpaired) electrons. The molecule has 3 nitrogen and oxygen atoms in total. The Hall–Kier alpha value is -1.16. The van der Waals surface area contributed by atoms with Crippen LogP contribution in [0.25, 0.3) is 0 Å². The molecule has 1 fully saturated rings. The lowest BCUT2D eigenvalue weighted by Gasteiger charge is -2.26. The van der Waals surface area contributed by atoms with Crippen molar-refractivity contribution >= 4 is 5.82 Å². The fraction of sp³-hybridized carbons (Fsp3) is 0.545. The standard InChI is InChI=1S/C11H16FN3/c1-7-4-5-15-10(14)9(7)11(12,6-13)8-2-3-8/h4-5,8H,2-3,6,13H2,1H3,(H2,14,15). The van der Waals surface area contributed by atoms with E-state index in [1.54, 1.807) is 12.3 Å². The Morgan fingerprint density at radius 2 is 2.27 bits per heavy atom. The summed E-state index contributed by atoms with van der Waals surface area (Å²) in [7, 11) is 0. The molecular formula is C11H16FN3. The van der Waals surface area contributed by atoms with E-state index in [2.05, 4.69) is 4.98 Å². The number of nitrogen functional groups attached to an aromatic ring is 1. The lowest BCUT2D eigenvalue weighted by Crippen LogP contribution is -2.34. The van der Waals surface area contributed by atoms with E-state index in [9.17, 15) is 4.39 Å². The predicted octanol–water partition coefficient (Wildman–Crippen LogP) is 1.51. The van der Waals surface area contributed by atoms with Crippen LogP contribution < -0.4 is 11.5 Å². The van der Waals surface area contributed by atoms with Crippen LogP contribution in [0, 0.1) is 12.8 Å². The van der Waals surface area contributed by atoms with E-state index < -0.39 is 5.67 Å². The van der Waals surface area contributed by atoms with E-state index in [1.165, 1.54) is 0 Å². The second-order valence-corrected chi connectivity index (χ2v) is 4.23. The summed E-state index contributed by atoms with van der Waals surface area (Å²) in [6.07, 6.45) is 3.38. The van der Waals surface area contributed by atoms with E-state index in [4.69, 9.17) is 11.5 Å². The maximum absolute atomic E-state index is 14.7. The highest BCUT2D eigenvalue weighted by Gasteiger charge is 2.48. The van der Waals surface area contributed by atoms with Crippen molar-refractivity contribution < 1.29 is 4.39 Å². The first-order valence-electron chi connectivity index (χ1n) is 5.20. The van der Waals surface area contributed by atoms with Crippen molar-refractivity contribution in [1.29, 1.82) is 0 Å². The minimum Gasteiger partial charge on any atom is -0.383 e. The highest BCUT2D eigenvalue weighted by atomic mass is 19.1. The highest BCUT2D eigenvalue weighted by molar-refractivity contribution is 5.49. The van der Waals surface area contributed by atoms with E-state index in [0.717, 1.165) is 18.4 Å². The third-order valence-corrected chi connectivity index (χ3v) is 3.13. The average molecular weight is 209 g/mol. The van der Waals surface area contributed by atoms with Gasteiger partial charge in [0.05, 0.1) is 0 Å². The van der Waals surface area contributed by atoms with E-state index in [1.807, 2.05) is 6.92 Å². The van der Waals surface area contributed by atoms with Crippen LogP contribution in [0.4, 0.5) is 10.2 Å². The van der Waals surface area contributed by atoms with Gasteiger partial charge in [0.15, 0.2) is 5.67 Å². The number of alkyl halides is 1. The van der Waals surface area contributed by atoms with Crippen LogP contribution in [0.1, 0.15) is 24.0 Å². The normalized spacial score (nSPS) is 19.9. The molecule has 1 saturated carbocycles. The van der Waals surface area contributed by atoms with Crippen molar-refractivity contribution in [2.45, 2.75) is 25.4 Å². The number of nitrogens with two attached hydrogens (primary N) is 2. The van der Waals surface area contributed by atoms with Gasteiger partial charge in [0.2, 0.25) is 0 Å². The Balaban J connectivity index is 2.50. The molecule has 0 bridgehead atoms. The first kappa shape index (κ1) is 10.4. The van der Waals surface area contributed by atoms with Gasteiger partial charge in [-0.2, -0.15) is 0 Å². The summed E-state index contributed by atoms with van der Waals surface area (Å²) >= 11 is 0. The molecule has 1 aromatic heterocycles. The van der Waals surface area contributed by atoms with Crippen LogP contribution in [0.15, 0.2) is 12.3 Å². The van der Waals surface area contributed by atoms with Gasteiger partial charge in [-0.25, -0.2) is 9.37 Å². The largest absolute Gasteiger partial charge is 0.383 e. The van der Waals surface area contributed by atoms with Crippen molar-refractivity contribution in [2.75, 3.05) is 12.3 Å². The third kappa shape index (κ3) is 1.59. The first-order valence-corrected chi connectivity index (χ1v) is 5.20. The van der Waals surface area contributed by atoms with Crippen LogP contribution in [0.3, 0.4) is 0 Å². The minimum absolute atomic E-state index is 0.0194. The van der Waals surface area contributed by atoms with Crippen molar-refractivity contribution in [2.24, 2.45) is 11.7 Å². The first-order chi connectivity index (χ1) is 7.09. The Bertz CT molecular complexity index is 356. The predicted molar refractivity (Wildman–Crippen MR) is 58.0 cm³/mol. The second kappa shape index (κ2) is 3.45. The number of pyridine rings is 1. The Morgan fingerprint density at radius 1 is 1.60 bits per heavy atom. The molecule has 1 aromatic rings. The van der Waals surface area contributed by atoms with E-state index in [-0.39, 0.29) is 18.3 Å². The van der Waals surface area contributed by atoms with E-state index in [0.29, 0.717) is 5.56 Å². The van der Waals surface area contributed by atoms with Gasteiger partial charge in [0.1, 0.15) is 5.82 Å². The van der Waals surface area contributed by atoms with Gasteiger partial charge in [-0.1, -0.05) is 0 Å². The SMILES string of the molecule is Cc1ccnc(N)c1C(F)(CN)C1CC1. The van der Waals surface area contributed by atoms with Crippen molar-refractivity contribution in [3.05, 3.63) is 23.4 Å². The summed E-state index contributed by atoms with van der Waals surface area (Å²) in [4.78, 5) is 3.95. The number of halogens is 1. The van der Waals surface area contributed by atoms with Crippen molar-refractivity contribution in [3.63, 3.8) is 0 Å². The fourth-order valence-electron chi connectivity index (χ4n) is 2.13. The van der Waals surface area contributed by atoms with Gasteiger partial charge in [-0.15, -0.1) is 0 Å². The lowest BCUT2D eigenvalue weighted by atomic mass is 9.88. The second-order valence-electron chi connectivity index (χ2n) is 4.23. The molecule has 1 aliphatic rings. The molecule has 0 saturated heterocycles. The van der Waals surface area contributed by atoms with Crippen LogP contribution in [-0.4, -0.2) is 11.5 Å². The molecule has 1 unspecified atom stereocenters. The zero-order valence-corrected chi connectivity index (χ0v) is 8.83. The third-order valence-electron chi connectivity index (χ3n) is 3.13. The zero-order valence-electron chi connectivity index (χ0n) is 8.83. The summed E-state index contributed by atoms with van der Waals surface area (Å²) in [6, 6.07) is 1.78. The molecule has 0 spiro atoms. The molecule has 82 valence electrons. The Morgan fingerprint density at radius 3 is 2.73 bits per heavy atom. The Kier molecular flexibility index (Phi) is 2.38. The lowest BCUT2D eigenvalue weighted by molar-refractivity contribution is 0.142. The summed E-state index contributed by atoms with van der Waals surface area (Å²) in [5.74, 6) is 0.294. The summed E-state index contributed by atoms with van der Waals surface area (Å²) < 4.78 is 14.7. The number of aryl methyl sites for hydroxylation is 1. The summed E-state index contributed by atoms with van der Waals surface area (Å²) in [6.45, 7) is 1.83. The van der Waals surface area contributed by atoms with Gasteiger partial charge >= 0.3 is 0 Å². The van der Waals surface area contributed by atoms with Crippen LogP contribution in [0.5, 0.6) is 0 Å². The number of aromatic nitrogens is 1. The number of nitrogens with zero attached hydrogens (tertiary/aromatic N) is 1. The molecule has 2 rings (SSSR count). The molecular weight excluding hydrogens is 193 g/mol. The molecule has 4 N–H and O–H groups in total. The van der Waals surface area contributed by atoms with Crippen molar-refractivity contribution in [3.8, 4) is 0 Å². The van der Waals surface area contributed by atoms with E-state index >= 15 is 0 Å². The molecule has 1 aliphatic carbocycles. The smallest absolute Gasteiger partial charge is 0.154 e. The van der Waals surface area contributed by atoms with Gasteiger partial charge in [-0.05, 0) is 37.3 Å². The van der Waals surface area contributed by atoms with Gasteiger partial charge in [0.25, 0.3) is 0 Å². The molecule has 1 atom stereocenters. The molecule has 0 aromatic carbocycles. The average Bonchev–Trinajstić information content (AvgIpc) is 3.00. The van der Waals surface area contributed by atoms with Crippen LogP contribution >= 0.6 is 0 Å². The number of hydrogen-bond acceptors (Lipinski definition) is 3. The summed E-state index contributed by atoms with van der Waals surface area (Å²) in [5.41, 5.74) is 11.1. The maximum atomic E-state index is 14.7. The quantitative estimate of drug-likeness (QED) is 0.793. The van der Waals surface area contributed by atoms with Gasteiger partial charge in [-0.3, -0.25) is 0 Å². The molecule has 15 heavy (non-hydrogen) atoms. The van der Waals surface area contributed by atoms with Gasteiger partial charge < -0.3 is 11.5 Å². The minimum atomic E-state index is -1.48. The topological polar surface area (TPSA) is 64.9 Å². The Labute approximate surface area is 88.7 Å². The maximum Gasteiger partial charge on any atom is 0.154 e. The highest BCUT2D eigenvalue weighted by Crippen LogP contribution is 2.49. The van der Waals surface area contributed by atoms with Crippen molar-refractivity contribution in [1.82, 2.24) is 4.98 Å². The zero-order chi connectivity index (χ0) is 11.1. The summed E-state index contributed by atoms with van der Waals surface area (Å²) in [5, 5.41) is 0. The van der Waals surface area contributed by atoms with Crippen LogP contribution in [-0.2, 0) is 5.67 Å². The fourth-order valence-corrected chi connectivity index (χ4v) is 2.13.